The van der Waals surface area contributed by atoms with Crippen molar-refractivity contribution in [2.45, 2.75) is 71.4 Å². The molecule has 2 aliphatic rings. The van der Waals surface area contributed by atoms with Crippen LogP contribution in [-0.4, -0.2) is 35.3 Å². The maximum Gasteiger partial charge on any atom is 0.246 e. The van der Waals surface area contributed by atoms with Gasteiger partial charge in [-0.2, -0.15) is 0 Å². The molecule has 20 heavy (non-hydrogen) atoms. The quantitative estimate of drug-likeness (QED) is 0.859. The van der Waals surface area contributed by atoms with Gasteiger partial charge in [-0.25, -0.2) is 0 Å². The van der Waals surface area contributed by atoms with Crippen LogP contribution in [-0.2, 0) is 9.59 Å². The first-order valence-corrected chi connectivity index (χ1v) is 8.21. The standard InChI is InChI=1S/C16H28N2O2/c1-4-11(3)14-15(19)17-13(16(20)18(14)5-2)12-9-7-6-8-10-12/h11-14H,4-10H2,1-3H3,(H,17,19). The third-order valence-corrected chi connectivity index (χ3v) is 5.10. The van der Waals surface area contributed by atoms with Gasteiger partial charge in [-0.15, -0.1) is 0 Å². The van der Waals surface area contributed by atoms with Gasteiger partial charge in [0.15, 0.2) is 0 Å². The van der Waals surface area contributed by atoms with E-state index < -0.39 is 0 Å². The second-order valence-corrected chi connectivity index (χ2v) is 6.34. The first-order chi connectivity index (χ1) is 9.60. The van der Waals surface area contributed by atoms with Crippen molar-refractivity contribution in [2.75, 3.05) is 6.54 Å². The minimum absolute atomic E-state index is 0.0522. The van der Waals surface area contributed by atoms with Crippen molar-refractivity contribution in [1.82, 2.24) is 10.2 Å². The van der Waals surface area contributed by atoms with Crippen LogP contribution >= 0.6 is 0 Å². The van der Waals surface area contributed by atoms with Crippen LogP contribution in [0.1, 0.15) is 59.3 Å². The topological polar surface area (TPSA) is 49.4 Å². The summed E-state index contributed by atoms with van der Waals surface area (Å²) in [6.07, 6.45) is 6.69. The van der Waals surface area contributed by atoms with Gasteiger partial charge in [-0.05, 0) is 31.6 Å². The molecule has 3 atom stereocenters. The lowest BCUT2D eigenvalue weighted by atomic mass is 9.81. The Morgan fingerprint density at radius 1 is 1.20 bits per heavy atom. The summed E-state index contributed by atoms with van der Waals surface area (Å²) in [5.41, 5.74) is 0. The molecule has 0 radical (unpaired) electrons. The summed E-state index contributed by atoms with van der Waals surface area (Å²) in [5, 5.41) is 3.04. The third-order valence-electron chi connectivity index (χ3n) is 5.10. The minimum atomic E-state index is -0.280. The first-order valence-electron chi connectivity index (χ1n) is 8.21. The zero-order chi connectivity index (χ0) is 14.7. The van der Waals surface area contributed by atoms with Crippen molar-refractivity contribution in [3.8, 4) is 0 Å². The lowest BCUT2D eigenvalue weighted by Crippen LogP contribution is -2.66. The van der Waals surface area contributed by atoms with Gasteiger partial charge >= 0.3 is 0 Å². The van der Waals surface area contributed by atoms with Crippen molar-refractivity contribution >= 4 is 11.8 Å². The van der Waals surface area contributed by atoms with Crippen LogP contribution in [0.2, 0.25) is 0 Å². The Morgan fingerprint density at radius 3 is 2.40 bits per heavy atom. The Morgan fingerprint density at radius 2 is 1.85 bits per heavy atom. The summed E-state index contributed by atoms with van der Waals surface area (Å²) in [6, 6.07) is -0.555. The zero-order valence-electron chi connectivity index (χ0n) is 13.0. The average molecular weight is 280 g/mol. The molecule has 0 bridgehead atoms. The van der Waals surface area contributed by atoms with Crippen molar-refractivity contribution in [3.05, 3.63) is 0 Å². The molecule has 1 aliphatic heterocycles. The average Bonchev–Trinajstić information content (AvgIpc) is 2.48. The molecule has 3 unspecified atom stereocenters. The maximum atomic E-state index is 12.7. The fourth-order valence-electron chi connectivity index (χ4n) is 3.69. The predicted octanol–water partition coefficient (Wildman–Crippen LogP) is 2.33. The van der Waals surface area contributed by atoms with Crippen molar-refractivity contribution in [1.29, 1.82) is 0 Å². The SMILES string of the molecule is CCC(C)C1C(=O)NC(C2CCCCC2)C(=O)N1CC. The van der Waals surface area contributed by atoms with Crippen molar-refractivity contribution < 1.29 is 9.59 Å². The number of nitrogens with zero attached hydrogens (tertiary/aromatic N) is 1. The number of amides is 2. The predicted molar refractivity (Wildman–Crippen MR) is 79.1 cm³/mol. The summed E-state index contributed by atoms with van der Waals surface area (Å²) in [7, 11) is 0. The van der Waals surface area contributed by atoms with E-state index >= 15 is 0 Å². The Bertz CT molecular complexity index is 359. The molecule has 2 amide bonds. The molecule has 0 aromatic carbocycles. The van der Waals surface area contributed by atoms with Crippen LogP contribution in [0.25, 0.3) is 0 Å². The van der Waals surface area contributed by atoms with Crippen LogP contribution in [0, 0.1) is 11.8 Å². The summed E-state index contributed by atoms with van der Waals surface area (Å²) >= 11 is 0. The second kappa shape index (κ2) is 6.59. The number of nitrogens with one attached hydrogen (secondary N) is 1. The van der Waals surface area contributed by atoms with Gasteiger partial charge in [0.05, 0.1) is 0 Å². The molecule has 4 heteroatoms. The van der Waals surface area contributed by atoms with E-state index in [9.17, 15) is 9.59 Å². The van der Waals surface area contributed by atoms with Gasteiger partial charge in [-0.3, -0.25) is 9.59 Å². The Kier molecular flexibility index (Phi) is 5.06. The van der Waals surface area contributed by atoms with Crippen molar-refractivity contribution in [3.63, 3.8) is 0 Å². The van der Waals surface area contributed by atoms with Gasteiger partial charge in [-0.1, -0.05) is 39.5 Å². The van der Waals surface area contributed by atoms with Crippen LogP contribution in [0.5, 0.6) is 0 Å². The molecule has 0 spiro atoms. The van der Waals surface area contributed by atoms with Gasteiger partial charge in [0.1, 0.15) is 12.1 Å². The number of piperazine rings is 1. The summed E-state index contributed by atoms with van der Waals surface area (Å²) < 4.78 is 0. The molecule has 1 aliphatic carbocycles. The highest BCUT2D eigenvalue weighted by Crippen LogP contribution is 2.30. The smallest absolute Gasteiger partial charge is 0.246 e. The molecule has 1 heterocycles. The largest absolute Gasteiger partial charge is 0.342 e. The molecular formula is C16H28N2O2. The molecule has 4 nitrogen and oxygen atoms in total. The van der Waals surface area contributed by atoms with Crippen LogP contribution < -0.4 is 5.32 Å². The zero-order valence-corrected chi connectivity index (χ0v) is 13.0. The van der Waals surface area contributed by atoms with Crippen LogP contribution in [0.4, 0.5) is 0 Å². The van der Waals surface area contributed by atoms with Gasteiger partial charge < -0.3 is 10.2 Å². The van der Waals surface area contributed by atoms with Crippen LogP contribution in [0.15, 0.2) is 0 Å². The lowest BCUT2D eigenvalue weighted by Gasteiger charge is -2.43. The molecule has 0 aromatic rings. The van der Waals surface area contributed by atoms with Gasteiger partial charge in [0, 0.05) is 6.54 Å². The molecule has 1 N–H and O–H groups in total. The monoisotopic (exact) mass is 280 g/mol. The maximum absolute atomic E-state index is 12.7. The summed E-state index contributed by atoms with van der Waals surface area (Å²) in [4.78, 5) is 27.0. The number of rotatable bonds is 4. The molecular weight excluding hydrogens is 252 g/mol. The van der Waals surface area contributed by atoms with E-state index in [1.165, 1.54) is 19.3 Å². The summed E-state index contributed by atoms with van der Waals surface area (Å²) in [6.45, 7) is 6.74. The Labute approximate surface area is 122 Å². The minimum Gasteiger partial charge on any atom is -0.342 e. The van der Waals surface area contributed by atoms with E-state index in [2.05, 4.69) is 19.2 Å². The van der Waals surface area contributed by atoms with Crippen LogP contribution in [0.3, 0.4) is 0 Å². The highest BCUT2D eigenvalue weighted by Gasteiger charge is 2.44. The molecule has 1 saturated carbocycles. The lowest BCUT2D eigenvalue weighted by molar-refractivity contribution is -0.153. The third kappa shape index (κ3) is 2.84. The molecule has 0 aromatic heterocycles. The van der Waals surface area contributed by atoms with E-state index in [0.717, 1.165) is 19.3 Å². The molecule has 114 valence electrons. The molecule has 1 saturated heterocycles. The van der Waals surface area contributed by atoms with Crippen molar-refractivity contribution in [2.24, 2.45) is 11.8 Å². The Hall–Kier alpha value is -1.06. The van der Waals surface area contributed by atoms with E-state index in [0.29, 0.717) is 12.5 Å². The van der Waals surface area contributed by atoms with E-state index in [1.54, 1.807) is 0 Å². The fraction of sp³-hybridized carbons (Fsp3) is 0.875. The normalized spacial score (nSPS) is 30.2. The number of carbonyl (C=O) groups is 2. The van der Waals surface area contributed by atoms with E-state index in [-0.39, 0.29) is 29.8 Å². The molecule has 2 fully saturated rings. The highest BCUT2D eigenvalue weighted by atomic mass is 16.2. The second-order valence-electron chi connectivity index (χ2n) is 6.34. The van der Waals surface area contributed by atoms with E-state index in [4.69, 9.17) is 0 Å². The van der Waals surface area contributed by atoms with Gasteiger partial charge in [0.2, 0.25) is 11.8 Å². The number of carbonyl (C=O) groups excluding carboxylic acids is 2. The van der Waals surface area contributed by atoms with Gasteiger partial charge in [0.25, 0.3) is 0 Å². The first kappa shape index (κ1) is 15.3. The number of likely N-dealkylation sites (N-methyl/N-ethyl adjacent to an activating group) is 1. The fourth-order valence-corrected chi connectivity index (χ4v) is 3.69. The molecule has 2 rings (SSSR count). The Balaban J connectivity index is 2.16. The number of hydrogen-bond donors (Lipinski definition) is 1. The summed E-state index contributed by atoms with van der Waals surface area (Å²) in [5.74, 6) is 0.749. The van der Waals surface area contributed by atoms with E-state index in [1.807, 2.05) is 11.8 Å². The highest BCUT2D eigenvalue weighted by molar-refractivity contribution is 5.97. The number of hydrogen-bond acceptors (Lipinski definition) is 2.